The molecule has 0 amide bonds. The van der Waals surface area contributed by atoms with Gasteiger partial charge in [-0.25, -0.2) is 0 Å². The minimum absolute atomic E-state index is 0.0237. The molecule has 4 heteroatoms. The van der Waals surface area contributed by atoms with Crippen LogP contribution in [0.25, 0.3) is 0 Å². The molecule has 4 rings (SSSR count). The van der Waals surface area contributed by atoms with Crippen molar-refractivity contribution in [3.05, 3.63) is 12.2 Å². The average molecular weight is 388 g/mol. The molecule has 4 nitrogen and oxygen atoms in total. The van der Waals surface area contributed by atoms with Crippen molar-refractivity contribution in [2.24, 2.45) is 40.2 Å². The van der Waals surface area contributed by atoms with E-state index in [-0.39, 0.29) is 28.9 Å². The van der Waals surface area contributed by atoms with Gasteiger partial charge in [-0.1, -0.05) is 26.0 Å². The highest BCUT2D eigenvalue weighted by atomic mass is 16.5. The summed E-state index contributed by atoms with van der Waals surface area (Å²) in [4.78, 5) is 24.7. The minimum Gasteiger partial charge on any atom is -0.462 e. The van der Waals surface area contributed by atoms with E-state index in [1.807, 2.05) is 6.92 Å². The van der Waals surface area contributed by atoms with Crippen LogP contribution in [-0.4, -0.2) is 23.9 Å². The quantitative estimate of drug-likeness (QED) is 0.575. The van der Waals surface area contributed by atoms with Gasteiger partial charge >= 0.3 is 5.97 Å². The van der Waals surface area contributed by atoms with Gasteiger partial charge in [0.25, 0.3) is 0 Å². The summed E-state index contributed by atoms with van der Waals surface area (Å²) >= 11 is 0. The van der Waals surface area contributed by atoms with Crippen LogP contribution < -0.4 is 5.73 Å². The number of carbonyl (C=O) groups excluding carboxylic acids is 2. The zero-order valence-corrected chi connectivity index (χ0v) is 17.8. The smallest absolute Gasteiger partial charge is 0.307 e. The third-order valence-electron chi connectivity index (χ3n) is 9.08. The van der Waals surface area contributed by atoms with Gasteiger partial charge in [-0.05, 0) is 81.0 Å². The molecule has 0 spiro atoms. The molecule has 0 bridgehead atoms. The number of hydrogen-bond acceptors (Lipinski definition) is 4. The van der Waals surface area contributed by atoms with Crippen LogP contribution in [0.5, 0.6) is 0 Å². The Kier molecular flexibility index (Phi) is 5.01. The Hall–Kier alpha value is -1.16. The molecule has 0 aliphatic heterocycles. The van der Waals surface area contributed by atoms with Crippen molar-refractivity contribution in [1.29, 1.82) is 0 Å². The number of esters is 1. The minimum atomic E-state index is -0.158. The summed E-state index contributed by atoms with van der Waals surface area (Å²) < 4.78 is 5.77. The van der Waals surface area contributed by atoms with Crippen molar-refractivity contribution in [2.45, 2.75) is 90.7 Å². The largest absolute Gasteiger partial charge is 0.462 e. The number of carbonyl (C=O) groups is 2. The summed E-state index contributed by atoms with van der Waals surface area (Å²) in [5, 5.41) is 0. The maximum Gasteiger partial charge on any atom is 0.307 e. The fraction of sp³-hybridized carbons (Fsp3) is 0.833. The molecule has 4 aliphatic carbocycles. The molecule has 28 heavy (non-hydrogen) atoms. The lowest BCUT2D eigenvalue weighted by molar-refractivity contribution is -0.158. The average Bonchev–Trinajstić information content (AvgIpc) is 2.91. The third kappa shape index (κ3) is 3.07. The topological polar surface area (TPSA) is 69.4 Å². The van der Waals surface area contributed by atoms with Crippen LogP contribution in [-0.2, 0) is 14.3 Å². The Morgan fingerprint density at radius 3 is 2.71 bits per heavy atom. The van der Waals surface area contributed by atoms with Crippen LogP contribution in [0.3, 0.4) is 0 Å². The Balaban J connectivity index is 1.50. The highest BCUT2D eigenvalue weighted by Crippen LogP contribution is 2.66. The zero-order chi connectivity index (χ0) is 20.3. The van der Waals surface area contributed by atoms with Gasteiger partial charge in [0.15, 0.2) is 0 Å². The predicted octanol–water partition coefficient (Wildman–Crippen LogP) is 4.41. The van der Waals surface area contributed by atoms with Crippen molar-refractivity contribution in [1.82, 2.24) is 0 Å². The number of hydrogen-bond donors (Lipinski definition) is 1. The molecule has 0 aromatic carbocycles. The number of ether oxygens (including phenoxy) is 1. The number of ketones is 1. The molecule has 2 unspecified atom stereocenters. The van der Waals surface area contributed by atoms with E-state index in [0.29, 0.717) is 35.9 Å². The summed E-state index contributed by atoms with van der Waals surface area (Å²) in [6, 6.07) is -0.151. The highest BCUT2D eigenvalue weighted by molar-refractivity contribution is 5.87. The van der Waals surface area contributed by atoms with E-state index < -0.39 is 0 Å². The Morgan fingerprint density at radius 1 is 1.25 bits per heavy atom. The first-order chi connectivity index (χ1) is 13.1. The molecule has 156 valence electrons. The second kappa shape index (κ2) is 6.97. The molecule has 0 saturated heterocycles. The van der Waals surface area contributed by atoms with Gasteiger partial charge in [-0.2, -0.15) is 0 Å². The lowest BCUT2D eigenvalue weighted by atomic mass is 9.44. The molecule has 2 N–H and O–H groups in total. The van der Waals surface area contributed by atoms with Crippen LogP contribution in [0.4, 0.5) is 0 Å². The van der Waals surface area contributed by atoms with Crippen molar-refractivity contribution in [2.75, 3.05) is 0 Å². The van der Waals surface area contributed by atoms with Gasteiger partial charge in [0.05, 0.1) is 6.42 Å². The van der Waals surface area contributed by atoms with Crippen LogP contribution >= 0.6 is 0 Å². The van der Waals surface area contributed by atoms with Crippen LogP contribution in [0.15, 0.2) is 12.2 Å². The Bertz CT molecular complexity index is 685. The van der Waals surface area contributed by atoms with Gasteiger partial charge in [-0.3, -0.25) is 9.59 Å². The van der Waals surface area contributed by atoms with E-state index in [9.17, 15) is 9.59 Å². The molecule has 8 atom stereocenters. The monoisotopic (exact) mass is 387 g/mol. The van der Waals surface area contributed by atoms with E-state index in [1.165, 1.54) is 5.57 Å². The number of nitrogens with two attached hydrogens (primary N) is 1. The van der Waals surface area contributed by atoms with Gasteiger partial charge in [0.1, 0.15) is 11.9 Å². The molecular formula is C24H37NO3. The van der Waals surface area contributed by atoms with Gasteiger partial charge in [0, 0.05) is 17.9 Å². The van der Waals surface area contributed by atoms with Crippen molar-refractivity contribution in [3.63, 3.8) is 0 Å². The molecule has 0 heterocycles. The first-order valence-electron chi connectivity index (χ1n) is 11.3. The van der Waals surface area contributed by atoms with Gasteiger partial charge in [-0.15, -0.1) is 0 Å². The zero-order valence-electron chi connectivity index (χ0n) is 17.8. The fourth-order valence-corrected chi connectivity index (χ4v) is 7.46. The molecule has 4 fully saturated rings. The summed E-state index contributed by atoms with van der Waals surface area (Å²) in [5.41, 5.74) is 7.27. The maximum absolute atomic E-state index is 12.6. The Morgan fingerprint density at radius 2 is 2.00 bits per heavy atom. The molecule has 0 aromatic rings. The lowest BCUT2D eigenvalue weighted by Crippen LogP contribution is -2.55. The number of fused-ring (bicyclic) bond motifs is 5. The molecule has 4 aliphatic rings. The Labute approximate surface area is 169 Å². The van der Waals surface area contributed by atoms with Gasteiger partial charge in [0.2, 0.25) is 0 Å². The normalized spacial score (nSPS) is 46.4. The van der Waals surface area contributed by atoms with E-state index in [0.717, 1.165) is 51.4 Å². The molecular weight excluding hydrogens is 350 g/mol. The van der Waals surface area contributed by atoms with E-state index >= 15 is 0 Å². The van der Waals surface area contributed by atoms with E-state index in [4.69, 9.17) is 10.5 Å². The first-order valence-corrected chi connectivity index (χ1v) is 11.3. The summed E-state index contributed by atoms with van der Waals surface area (Å²) in [6.45, 7) is 11.1. The summed E-state index contributed by atoms with van der Waals surface area (Å²) in [7, 11) is 0. The van der Waals surface area contributed by atoms with Crippen LogP contribution in [0.2, 0.25) is 0 Å². The molecule has 0 radical (unpaired) electrons. The fourth-order valence-electron chi connectivity index (χ4n) is 7.46. The second-order valence-corrected chi connectivity index (χ2v) is 10.8. The predicted molar refractivity (Wildman–Crippen MR) is 109 cm³/mol. The van der Waals surface area contributed by atoms with Crippen LogP contribution in [0, 0.1) is 34.5 Å². The SMILES string of the molecule is C=C1CC2C[C@@H](OC(=O)CC(C)N)CC[C@]2(C)[C@H]2CC[C@]3(C)C(=O)CC[C@H]3[C@H]12. The molecule has 4 saturated carbocycles. The molecule has 0 aromatic heterocycles. The van der Waals surface area contributed by atoms with Crippen molar-refractivity contribution in [3.8, 4) is 0 Å². The summed E-state index contributed by atoms with van der Waals surface area (Å²) in [6.07, 6.45) is 8.35. The van der Waals surface area contributed by atoms with E-state index in [1.54, 1.807) is 0 Å². The van der Waals surface area contributed by atoms with Crippen molar-refractivity contribution < 1.29 is 14.3 Å². The second-order valence-electron chi connectivity index (χ2n) is 10.8. The van der Waals surface area contributed by atoms with Crippen LogP contribution in [0.1, 0.15) is 78.6 Å². The highest BCUT2D eigenvalue weighted by Gasteiger charge is 2.61. The summed E-state index contributed by atoms with van der Waals surface area (Å²) in [5.74, 6) is 2.48. The number of Topliss-reactive ketones (excluding diaryl/α,β-unsaturated/α-hetero) is 1. The number of rotatable bonds is 3. The van der Waals surface area contributed by atoms with Crippen molar-refractivity contribution >= 4 is 11.8 Å². The lowest BCUT2D eigenvalue weighted by Gasteiger charge is -2.60. The maximum atomic E-state index is 12.6. The third-order valence-corrected chi connectivity index (χ3v) is 9.08. The standard InChI is InChI=1S/C24H37NO3/c1-14-11-16-13-17(28-21(27)12-15(2)25)7-9-23(16,3)19-8-10-24(4)18(22(14)19)5-6-20(24)26/h15-19,22H,1,5-13,25H2,2-4H3/t15?,16?,17-,18-,19-,22-,23-,24-/m0/s1. The number of allylic oxidation sites excluding steroid dienone is 1. The van der Waals surface area contributed by atoms with Gasteiger partial charge < -0.3 is 10.5 Å². The first kappa shape index (κ1) is 20.1. The van der Waals surface area contributed by atoms with E-state index in [2.05, 4.69) is 20.4 Å².